The summed E-state index contributed by atoms with van der Waals surface area (Å²) < 4.78 is 19.4. The van der Waals surface area contributed by atoms with E-state index < -0.39 is 0 Å². The van der Waals surface area contributed by atoms with Crippen molar-refractivity contribution in [2.45, 2.75) is 37.9 Å². The van der Waals surface area contributed by atoms with Crippen LogP contribution >= 0.6 is 0 Å². The molecule has 0 amide bonds. The minimum atomic E-state index is -0.295. The van der Waals surface area contributed by atoms with Crippen LogP contribution in [0.15, 0.2) is 24.3 Å². The quantitative estimate of drug-likeness (QED) is 0.871. The van der Waals surface area contributed by atoms with E-state index in [4.69, 9.17) is 4.74 Å². The highest BCUT2D eigenvalue weighted by molar-refractivity contribution is 5.23. The molecule has 0 radical (unpaired) electrons. The highest BCUT2D eigenvalue weighted by atomic mass is 19.1. The van der Waals surface area contributed by atoms with Crippen LogP contribution in [0.4, 0.5) is 4.39 Å². The second kappa shape index (κ2) is 8.08. The summed E-state index contributed by atoms with van der Waals surface area (Å²) in [6, 6.07) is 6.58. The molecule has 2 aliphatic rings. The first kappa shape index (κ1) is 16.7. The lowest BCUT2D eigenvalue weighted by Gasteiger charge is -2.35. The van der Waals surface area contributed by atoms with E-state index in [2.05, 4.69) is 10.2 Å². The van der Waals surface area contributed by atoms with Crippen LogP contribution in [0.5, 0.6) is 5.75 Å². The van der Waals surface area contributed by atoms with E-state index in [-0.39, 0.29) is 18.0 Å². The standard InChI is InChI=1S/C18H27FN2O2/c19-16-3-1-2-4-18(16)23-15-7-11-21(12-8-15)13-17(22)14-5-9-20-10-6-14/h1-4,14-15,17,20,22H,5-13H2. The smallest absolute Gasteiger partial charge is 0.165 e. The van der Waals surface area contributed by atoms with Crippen LogP contribution in [0, 0.1) is 11.7 Å². The maximum Gasteiger partial charge on any atom is 0.165 e. The Morgan fingerprint density at radius 3 is 2.57 bits per heavy atom. The molecule has 1 aromatic rings. The van der Waals surface area contributed by atoms with E-state index in [0.29, 0.717) is 11.7 Å². The van der Waals surface area contributed by atoms with Crippen molar-refractivity contribution in [2.24, 2.45) is 5.92 Å². The molecule has 4 nitrogen and oxygen atoms in total. The largest absolute Gasteiger partial charge is 0.487 e. The minimum Gasteiger partial charge on any atom is -0.487 e. The number of β-amino-alcohol motifs (C(OH)–C–C–N with tert-alkyl or cyclic N) is 1. The number of piperidine rings is 2. The number of hydrogen-bond acceptors (Lipinski definition) is 4. The first-order valence-corrected chi connectivity index (χ1v) is 8.74. The van der Waals surface area contributed by atoms with E-state index in [0.717, 1.165) is 58.4 Å². The molecule has 0 aliphatic carbocycles. The van der Waals surface area contributed by atoms with Crippen molar-refractivity contribution in [3.8, 4) is 5.75 Å². The monoisotopic (exact) mass is 322 g/mol. The fraction of sp³-hybridized carbons (Fsp3) is 0.667. The highest BCUT2D eigenvalue weighted by Crippen LogP contribution is 2.23. The Hall–Kier alpha value is -1.17. The Bertz CT molecular complexity index is 486. The third kappa shape index (κ3) is 4.66. The van der Waals surface area contributed by atoms with Crippen molar-refractivity contribution in [3.63, 3.8) is 0 Å². The van der Waals surface area contributed by atoms with Gasteiger partial charge in [-0.2, -0.15) is 0 Å². The zero-order chi connectivity index (χ0) is 16.1. The minimum absolute atomic E-state index is 0.0687. The lowest BCUT2D eigenvalue weighted by molar-refractivity contribution is 0.0266. The Labute approximate surface area is 137 Å². The van der Waals surface area contributed by atoms with Crippen LogP contribution in [0.1, 0.15) is 25.7 Å². The van der Waals surface area contributed by atoms with Crippen molar-refractivity contribution < 1.29 is 14.2 Å². The average molecular weight is 322 g/mol. The van der Waals surface area contributed by atoms with E-state index in [9.17, 15) is 9.50 Å². The molecule has 3 rings (SSSR count). The van der Waals surface area contributed by atoms with Crippen LogP contribution in [-0.2, 0) is 0 Å². The summed E-state index contributed by atoms with van der Waals surface area (Å²) in [6.07, 6.45) is 3.73. The number of aliphatic hydroxyl groups is 1. The van der Waals surface area contributed by atoms with E-state index in [1.807, 2.05) is 0 Å². The van der Waals surface area contributed by atoms with Crippen LogP contribution < -0.4 is 10.1 Å². The molecule has 1 atom stereocenters. The van der Waals surface area contributed by atoms with Gasteiger partial charge < -0.3 is 20.1 Å². The Kier molecular flexibility index (Phi) is 5.86. The summed E-state index contributed by atoms with van der Waals surface area (Å²) in [5.41, 5.74) is 0. The maximum absolute atomic E-state index is 13.6. The van der Waals surface area contributed by atoms with Gasteiger partial charge in [0, 0.05) is 19.6 Å². The number of ether oxygens (including phenoxy) is 1. The van der Waals surface area contributed by atoms with Gasteiger partial charge in [-0.1, -0.05) is 12.1 Å². The van der Waals surface area contributed by atoms with Crippen LogP contribution in [0.3, 0.4) is 0 Å². The normalized spacial score (nSPS) is 22.9. The number of nitrogens with one attached hydrogen (secondary N) is 1. The number of para-hydroxylation sites is 1. The summed E-state index contributed by atoms with van der Waals surface area (Å²) in [6.45, 7) is 4.58. The lowest BCUT2D eigenvalue weighted by Crippen LogP contribution is -2.45. The highest BCUT2D eigenvalue weighted by Gasteiger charge is 2.27. The third-order valence-electron chi connectivity index (χ3n) is 5.04. The topological polar surface area (TPSA) is 44.7 Å². The second-order valence-corrected chi connectivity index (χ2v) is 6.70. The fourth-order valence-electron chi connectivity index (χ4n) is 3.57. The van der Waals surface area contributed by atoms with Crippen molar-refractivity contribution >= 4 is 0 Å². The summed E-state index contributed by atoms with van der Waals surface area (Å²) >= 11 is 0. The molecule has 2 N–H and O–H groups in total. The number of rotatable bonds is 5. The van der Waals surface area contributed by atoms with Crippen LogP contribution in [-0.4, -0.2) is 54.9 Å². The maximum atomic E-state index is 13.6. The van der Waals surface area contributed by atoms with Gasteiger partial charge in [0.25, 0.3) is 0 Å². The molecule has 0 spiro atoms. The van der Waals surface area contributed by atoms with Crippen molar-refractivity contribution in [1.82, 2.24) is 10.2 Å². The number of likely N-dealkylation sites (tertiary alicyclic amines) is 1. The van der Waals surface area contributed by atoms with Crippen molar-refractivity contribution in [3.05, 3.63) is 30.1 Å². The van der Waals surface area contributed by atoms with Gasteiger partial charge in [-0.25, -0.2) is 4.39 Å². The molecule has 23 heavy (non-hydrogen) atoms. The molecular formula is C18H27FN2O2. The molecule has 1 unspecified atom stereocenters. The predicted octanol–water partition coefficient (Wildman–Crippen LogP) is 2.03. The molecule has 5 heteroatoms. The van der Waals surface area contributed by atoms with Gasteiger partial charge in [-0.05, 0) is 56.8 Å². The van der Waals surface area contributed by atoms with Gasteiger partial charge in [0.05, 0.1) is 6.10 Å². The first-order chi connectivity index (χ1) is 11.2. The van der Waals surface area contributed by atoms with Crippen LogP contribution in [0.2, 0.25) is 0 Å². The van der Waals surface area contributed by atoms with Gasteiger partial charge >= 0.3 is 0 Å². The average Bonchev–Trinajstić information content (AvgIpc) is 2.59. The fourth-order valence-corrected chi connectivity index (χ4v) is 3.57. The van der Waals surface area contributed by atoms with Crippen molar-refractivity contribution in [2.75, 3.05) is 32.7 Å². The zero-order valence-electron chi connectivity index (χ0n) is 13.6. The predicted molar refractivity (Wildman–Crippen MR) is 88.1 cm³/mol. The summed E-state index contributed by atoms with van der Waals surface area (Å²) in [4.78, 5) is 2.31. The molecule has 2 saturated heterocycles. The number of benzene rings is 1. The second-order valence-electron chi connectivity index (χ2n) is 6.70. The Morgan fingerprint density at radius 2 is 1.87 bits per heavy atom. The van der Waals surface area contributed by atoms with Gasteiger partial charge in [0.1, 0.15) is 6.10 Å². The molecular weight excluding hydrogens is 295 g/mol. The number of nitrogens with zero attached hydrogens (tertiary/aromatic N) is 1. The molecule has 128 valence electrons. The molecule has 1 aromatic carbocycles. The molecule has 2 heterocycles. The molecule has 0 aromatic heterocycles. The van der Waals surface area contributed by atoms with Crippen molar-refractivity contribution in [1.29, 1.82) is 0 Å². The van der Waals surface area contributed by atoms with Gasteiger partial charge in [0.2, 0.25) is 0 Å². The van der Waals surface area contributed by atoms with Crippen LogP contribution in [0.25, 0.3) is 0 Å². The van der Waals surface area contributed by atoms with Gasteiger partial charge in [-0.15, -0.1) is 0 Å². The molecule has 0 bridgehead atoms. The molecule has 0 saturated carbocycles. The number of aliphatic hydroxyl groups excluding tert-OH is 1. The number of halogens is 1. The SMILES string of the molecule is OC(CN1CCC(Oc2ccccc2F)CC1)C1CCNCC1. The molecule has 2 fully saturated rings. The summed E-state index contributed by atoms with van der Waals surface area (Å²) in [7, 11) is 0. The lowest BCUT2D eigenvalue weighted by atomic mass is 9.91. The van der Waals surface area contributed by atoms with E-state index in [1.165, 1.54) is 6.07 Å². The number of hydrogen-bond donors (Lipinski definition) is 2. The Morgan fingerprint density at radius 1 is 1.17 bits per heavy atom. The van der Waals surface area contributed by atoms with Gasteiger partial charge in [0.15, 0.2) is 11.6 Å². The zero-order valence-corrected chi connectivity index (χ0v) is 13.6. The van der Waals surface area contributed by atoms with E-state index >= 15 is 0 Å². The Balaban J connectivity index is 1.42. The summed E-state index contributed by atoms with van der Waals surface area (Å²) in [5.74, 6) is 0.473. The summed E-state index contributed by atoms with van der Waals surface area (Å²) in [5, 5.41) is 13.7. The molecule has 2 aliphatic heterocycles. The third-order valence-corrected chi connectivity index (χ3v) is 5.04. The van der Waals surface area contributed by atoms with Gasteiger partial charge in [-0.3, -0.25) is 0 Å². The van der Waals surface area contributed by atoms with E-state index in [1.54, 1.807) is 18.2 Å². The first-order valence-electron chi connectivity index (χ1n) is 8.74.